The van der Waals surface area contributed by atoms with Gasteiger partial charge >= 0.3 is 0 Å². The van der Waals surface area contributed by atoms with Crippen LogP contribution < -0.4 is 5.43 Å². The third kappa shape index (κ3) is 4.15. The second-order valence-corrected chi connectivity index (χ2v) is 8.11. The molecule has 2 aromatic carbocycles. The molecule has 0 fully saturated rings. The molecule has 4 rings (SSSR count). The molecule has 27 heavy (non-hydrogen) atoms. The fourth-order valence-corrected chi connectivity index (χ4v) is 4.38. The number of nitrogens with one attached hydrogen (secondary N) is 1. The molecule has 0 aliphatic heterocycles. The van der Waals surface area contributed by atoms with Gasteiger partial charge in [0, 0.05) is 0 Å². The van der Waals surface area contributed by atoms with Crippen molar-refractivity contribution in [2.75, 3.05) is 5.75 Å². The molecule has 2 aromatic heterocycles. The fourth-order valence-electron chi connectivity index (χ4n) is 2.52. The van der Waals surface area contributed by atoms with Crippen molar-refractivity contribution in [1.29, 1.82) is 0 Å². The van der Waals surface area contributed by atoms with E-state index in [1.165, 1.54) is 11.8 Å². The number of hydrogen-bond donors (Lipinski definition) is 1. The molecule has 136 valence electrons. The van der Waals surface area contributed by atoms with E-state index in [9.17, 15) is 4.79 Å². The third-order valence-electron chi connectivity index (χ3n) is 3.77. The summed E-state index contributed by atoms with van der Waals surface area (Å²) in [5.41, 5.74) is 6.06. The summed E-state index contributed by atoms with van der Waals surface area (Å²) in [7, 11) is 0. The Morgan fingerprint density at radius 2 is 1.96 bits per heavy atom. The number of hydrogen-bond acceptors (Lipinski definition) is 7. The normalized spacial score (nSPS) is 12.0. The molecule has 0 bridgehead atoms. The highest BCUT2D eigenvalue weighted by molar-refractivity contribution is 8.01. The zero-order chi connectivity index (χ0) is 18.6. The molecule has 0 aliphatic carbocycles. The lowest BCUT2D eigenvalue weighted by Crippen LogP contribution is -2.22. The van der Waals surface area contributed by atoms with Crippen LogP contribution in [0.5, 0.6) is 0 Å². The van der Waals surface area contributed by atoms with Crippen LogP contribution >= 0.6 is 23.1 Å². The number of rotatable bonds is 6. The maximum atomic E-state index is 12.1. The minimum Gasteiger partial charge on any atom is -0.272 e. The van der Waals surface area contributed by atoms with Crippen molar-refractivity contribution in [3.63, 3.8) is 0 Å². The monoisotopic (exact) mass is 396 g/mol. The highest BCUT2D eigenvalue weighted by Crippen LogP contribution is 2.28. The second kappa shape index (κ2) is 7.85. The molecule has 9 heteroatoms. The van der Waals surface area contributed by atoms with E-state index in [1.807, 2.05) is 55.5 Å². The second-order valence-electron chi connectivity index (χ2n) is 5.85. The molecule has 0 saturated heterocycles. The Balaban J connectivity index is 1.32. The van der Waals surface area contributed by atoms with Crippen LogP contribution in [0, 0.1) is 0 Å². The molecule has 1 N–H and O–H groups in total. The zero-order valence-corrected chi connectivity index (χ0v) is 16.1. The quantitative estimate of drug-likeness (QED) is 0.307. The molecule has 0 saturated carbocycles. The molecule has 1 amide bonds. The minimum atomic E-state index is -0.165. The fraction of sp³-hybridized carbons (Fsp3) is 0.167. The van der Waals surface area contributed by atoms with Crippen molar-refractivity contribution in [3.8, 4) is 0 Å². The Hall–Kier alpha value is -2.78. The predicted octanol–water partition coefficient (Wildman–Crippen LogP) is 3.33. The SMILES string of the molecule is CC(Cn1nnc2ccccc21)=NNC(=O)CSc1nc2ccccc2s1. The van der Waals surface area contributed by atoms with Crippen molar-refractivity contribution in [1.82, 2.24) is 25.4 Å². The van der Waals surface area contributed by atoms with Gasteiger partial charge in [-0.2, -0.15) is 5.10 Å². The summed E-state index contributed by atoms with van der Waals surface area (Å²) < 4.78 is 3.76. The lowest BCUT2D eigenvalue weighted by atomic mass is 10.3. The number of fused-ring (bicyclic) bond motifs is 2. The van der Waals surface area contributed by atoms with E-state index in [4.69, 9.17) is 0 Å². The van der Waals surface area contributed by atoms with Gasteiger partial charge in [0.1, 0.15) is 5.52 Å². The summed E-state index contributed by atoms with van der Waals surface area (Å²) in [5, 5.41) is 12.4. The van der Waals surface area contributed by atoms with Gasteiger partial charge in [0.2, 0.25) is 0 Å². The summed E-state index contributed by atoms with van der Waals surface area (Å²) in [5.74, 6) is 0.102. The molecule has 0 aliphatic rings. The Bertz CT molecular complexity index is 1100. The van der Waals surface area contributed by atoms with Gasteiger partial charge in [-0.1, -0.05) is 41.2 Å². The van der Waals surface area contributed by atoms with Crippen molar-refractivity contribution >= 4 is 56.0 Å². The predicted molar refractivity (Wildman–Crippen MR) is 109 cm³/mol. The Morgan fingerprint density at radius 1 is 1.19 bits per heavy atom. The highest BCUT2D eigenvalue weighted by Gasteiger charge is 2.08. The van der Waals surface area contributed by atoms with Crippen LogP contribution in [0.4, 0.5) is 0 Å². The Labute approximate surface area is 163 Å². The van der Waals surface area contributed by atoms with Crippen molar-refractivity contribution < 1.29 is 4.79 Å². The molecular weight excluding hydrogens is 380 g/mol. The summed E-state index contributed by atoms with van der Waals surface area (Å²) in [6.07, 6.45) is 0. The smallest absolute Gasteiger partial charge is 0.250 e. The summed E-state index contributed by atoms with van der Waals surface area (Å²) in [4.78, 5) is 16.6. The van der Waals surface area contributed by atoms with Crippen molar-refractivity contribution in [2.45, 2.75) is 17.8 Å². The van der Waals surface area contributed by atoms with E-state index in [1.54, 1.807) is 16.0 Å². The average molecular weight is 397 g/mol. The lowest BCUT2D eigenvalue weighted by molar-refractivity contribution is -0.118. The van der Waals surface area contributed by atoms with Crippen molar-refractivity contribution in [3.05, 3.63) is 48.5 Å². The third-order valence-corrected chi connectivity index (χ3v) is 5.95. The van der Waals surface area contributed by atoms with E-state index in [2.05, 4.69) is 25.8 Å². The van der Waals surface area contributed by atoms with Crippen LogP contribution in [0.2, 0.25) is 0 Å². The summed E-state index contributed by atoms with van der Waals surface area (Å²) in [6.45, 7) is 2.31. The molecule has 0 spiro atoms. The number of nitrogens with zero attached hydrogens (tertiary/aromatic N) is 5. The lowest BCUT2D eigenvalue weighted by Gasteiger charge is -2.03. The maximum absolute atomic E-state index is 12.1. The van der Waals surface area contributed by atoms with Crippen molar-refractivity contribution in [2.24, 2.45) is 5.10 Å². The topological polar surface area (TPSA) is 85.1 Å². The Morgan fingerprint density at radius 3 is 2.81 bits per heavy atom. The van der Waals surface area contributed by atoms with Crippen LogP contribution in [0.1, 0.15) is 6.92 Å². The van der Waals surface area contributed by atoms with Crippen LogP contribution in [0.15, 0.2) is 58.0 Å². The summed E-state index contributed by atoms with van der Waals surface area (Å²) >= 11 is 3.00. The number of hydrazone groups is 1. The molecule has 0 atom stereocenters. The van der Waals surface area contributed by atoms with Gasteiger partial charge in [-0.15, -0.1) is 16.4 Å². The van der Waals surface area contributed by atoms with E-state index in [0.717, 1.165) is 31.3 Å². The highest BCUT2D eigenvalue weighted by atomic mass is 32.2. The average Bonchev–Trinajstić information content (AvgIpc) is 3.28. The van der Waals surface area contributed by atoms with Gasteiger partial charge in [-0.25, -0.2) is 15.1 Å². The van der Waals surface area contributed by atoms with E-state index in [-0.39, 0.29) is 11.7 Å². The molecule has 2 heterocycles. The number of carbonyl (C=O) groups is 1. The minimum absolute atomic E-state index is 0.165. The first kappa shape index (κ1) is 17.6. The number of thioether (sulfide) groups is 1. The van der Waals surface area contributed by atoms with Gasteiger partial charge in [0.05, 0.1) is 33.7 Å². The van der Waals surface area contributed by atoms with Gasteiger partial charge in [-0.05, 0) is 31.2 Å². The van der Waals surface area contributed by atoms with E-state index in [0.29, 0.717) is 6.54 Å². The first-order chi connectivity index (χ1) is 13.2. The van der Waals surface area contributed by atoms with Gasteiger partial charge in [0.25, 0.3) is 5.91 Å². The van der Waals surface area contributed by atoms with Crippen LogP contribution in [-0.2, 0) is 11.3 Å². The largest absolute Gasteiger partial charge is 0.272 e. The molecule has 4 aromatic rings. The molecule has 0 unspecified atom stereocenters. The number of aromatic nitrogens is 4. The zero-order valence-electron chi connectivity index (χ0n) is 14.5. The van der Waals surface area contributed by atoms with Gasteiger partial charge in [0.15, 0.2) is 4.34 Å². The van der Waals surface area contributed by atoms with E-state index < -0.39 is 0 Å². The molecule has 0 radical (unpaired) electrons. The number of carbonyl (C=O) groups excluding carboxylic acids is 1. The number of para-hydroxylation sites is 2. The van der Waals surface area contributed by atoms with E-state index >= 15 is 0 Å². The van der Waals surface area contributed by atoms with Crippen LogP contribution in [-0.4, -0.2) is 37.3 Å². The standard InChI is InChI=1S/C18H16N6OS2/c1-12(10-24-15-8-4-2-6-13(15)21-23-24)20-22-17(25)11-26-18-19-14-7-3-5-9-16(14)27-18/h2-9H,10-11H2,1H3,(H,22,25). The Kier molecular flexibility index (Phi) is 5.12. The maximum Gasteiger partial charge on any atom is 0.250 e. The number of thiazole rings is 1. The first-order valence-corrected chi connectivity index (χ1v) is 10.1. The molecule has 7 nitrogen and oxygen atoms in total. The number of benzene rings is 2. The summed E-state index contributed by atoms with van der Waals surface area (Å²) in [6, 6.07) is 15.7. The van der Waals surface area contributed by atoms with Crippen LogP contribution in [0.3, 0.4) is 0 Å². The molecular formula is C18H16N6OS2. The van der Waals surface area contributed by atoms with Crippen LogP contribution in [0.25, 0.3) is 21.3 Å². The first-order valence-electron chi connectivity index (χ1n) is 8.27. The number of amides is 1. The van der Waals surface area contributed by atoms with Gasteiger partial charge < -0.3 is 0 Å². The van der Waals surface area contributed by atoms with Gasteiger partial charge in [-0.3, -0.25) is 4.79 Å².